The van der Waals surface area contributed by atoms with Crippen molar-refractivity contribution in [3.05, 3.63) is 62.1 Å². The summed E-state index contributed by atoms with van der Waals surface area (Å²) in [5, 5.41) is 4.47. The standard InChI is InChI=1S/C25H31Cl3N2O3/c1-6-17(5)29-25(32)22(7-2)30(13-18-8-9-20(26)21(27)12-18)23(31)14-33-19-10-15(3)24(28)16(4)11-19/h8-12,17,22H,6-7,13-14H2,1-5H3,(H,29,32)/t17-,22+/m0/s1. The quantitative estimate of drug-likeness (QED) is 0.402. The Morgan fingerprint density at radius 3 is 2.18 bits per heavy atom. The summed E-state index contributed by atoms with van der Waals surface area (Å²) in [6.45, 7) is 9.56. The van der Waals surface area contributed by atoms with Gasteiger partial charge in [0, 0.05) is 17.6 Å². The van der Waals surface area contributed by atoms with E-state index in [0.717, 1.165) is 23.1 Å². The van der Waals surface area contributed by atoms with E-state index >= 15 is 0 Å². The van der Waals surface area contributed by atoms with Gasteiger partial charge in [-0.3, -0.25) is 9.59 Å². The summed E-state index contributed by atoms with van der Waals surface area (Å²) in [6.07, 6.45) is 1.25. The fourth-order valence-electron chi connectivity index (χ4n) is 3.41. The van der Waals surface area contributed by atoms with Crippen LogP contribution < -0.4 is 10.1 Å². The molecule has 0 aliphatic rings. The summed E-state index contributed by atoms with van der Waals surface area (Å²) in [6, 6.07) is 8.11. The van der Waals surface area contributed by atoms with E-state index in [9.17, 15) is 9.59 Å². The molecular formula is C25H31Cl3N2O3. The van der Waals surface area contributed by atoms with Crippen LogP contribution in [0.25, 0.3) is 0 Å². The first-order valence-corrected chi connectivity index (χ1v) is 12.1. The minimum atomic E-state index is -0.654. The van der Waals surface area contributed by atoms with Gasteiger partial charge in [0.25, 0.3) is 5.91 Å². The zero-order valence-electron chi connectivity index (χ0n) is 19.7. The largest absolute Gasteiger partial charge is 0.484 e. The van der Waals surface area contributed by atoms with Crippen LogP contribution in [0, 0.1) is 13.8 Å². The van der Waals surface area contributed by atoms with Crippen LogP contribution in [-0.4, -0.2) is 35.4 Å². The summed E-state index contributed by atoms with van der Waals surface area (Å²) in [5.41, 5.74) is 2.50. The van der Waals surface area contributed by atoms with E-state index in [1.165, 1.54) is 4.90 Å². The molecule has 2 aromatic rings. The molecule has 0 spiro atoms. The maximum absolute atomic E-state index is 13.3. The molecule has 5 nitrogen and oxygen atoms in total. The lowest BCUT2D eigenvalue weighted by Gasteiger charge is -2.31. The number of ether oxygens (including phenoxy) is 1. The lowest BCUT2D eigenvalue weighted by molar-refractivity contribution is -0.143. The van der Waals surface area contributed by atoms with Gasteiger partial charge in [-0.25, -0.2) is 0 Å². The van der Waals surface area contributed by atoms with Gasteiger partial charge < -0.3 is 15.0 Å². The molecule has 0 saturated heterocycles. The van der Waals surface area contributed by atoms with E-state index in [1.807, 2.05) is 34.6 Å². The Balaban J connectivity index is 2.28. The van der Waals surface area contributed by atoms with Crippen molar-refractivity contribution in [3.8, 4) is 5.75 Å². The van der Waals surface area contributed by atoms with E-state index in [2.05, 4.69) is 5.32 Å². The van der Waals surface area contributed by atoms with E-state index in [-0.39, 0.29) is 31.0 Å². The minimum absolute atomic E-state index is 0.00439. The van der Waals surface area contributed by atoms with Crippen molar-refractivity contribution in [2.45, 2.75) is 66.1 Å². The number of carbonyl (C=O) groups excluding carboxylic acids is 2. The average Bonchev–Trinajstić information content (AvgIpc) is 2.77. The van der Waals surface area contributed by atoms with E-state index < -0.39 is 6.04 Å². The van der Waals surface area contributed by atoms with Crippen LogP contribution in [0.1, 0.15) is 50.3 Å². The highest BCUT2D eigenvalue weighted by Crippen LogP contribution is 2.27. The first-order valence-electron chi connectivity index (χ1n) is 11.0. The third-order valence-electron chi connectivity index (χ3n) is 5.50. The molecule has 180 valence electrons. The van der Waals surface area contributed by atoms with Crippen LogP contribution >= 0.6 is 34.8 Å². The van der Waals surface area contributed by atoms with E-state index in [0.29, 0.717) is 27.2 Å². The van der Waals surface area contributed by atoms with Crippen LogP contribution in [0.15, 0.2) is 30.3 Å². The van der Waals surface area contributed by atoms with Crippen molar-refractivity contribution >= 4 is 46.6 Å². The Morgan fingerprint density at radius 1 is 1.00 bits per heavy atom. The zero-order chi connectivity index (χ0) is 24.7. The molecule has 0 aliphatic carbocycles. The number of aryl methyl sites for hydroxylation is 2. The lowest BCUT2D eigenvalue weighted by atomic mass is 10.1. The fourth-order valence-corrected chi connectivity index (χ4v) is 3.84. The van der Waals surface area contributed by atoms with Gasteiger partial charge in [-0.05, 0) is 74.6 Å². The summed E-state index contributed by atoms with van der Waals surface area (Å²) < 4.78 is 5.79. The minimum Gasteiger partial charge on any atom is -0.484 e. The number of amides is 2. The molecule has 0 unspecified atom stereocenters. The Bertz CT molecular complexity index is 974. The molecule has 8 heteroatoms. The normalized spacial score (nSPS) is 12.7. The summed E-state index contributed by atoms with van der Waals surface area (Å²) >= 11 is 18.4. The smallest absolute Gasteiger partial charge is 0.261 e. The van der Waals surface area contributed by atoms with Gasteiger partial charge in [0.1, 0.15) is 11.8 Å². The van der Waals surface area contributed by atoms with Crippen molar-refractivity contribution in [3.63, 3.8) is 0 Å². The lowest BCUT2D eigenvalue weighted by Crippen LogP contribution is -2.51. The molecule has 0 aliphatic heterocycles. The Kier molecular flexibility index (Phi) is 10.3. The number of hydrogen-bond acceptors (Lipinski definition) is 3. The van der Waals surface area contributed by atoms with Gasteiger partial charge in [-0.2, -0.15) is 0 Å². The highest BCUT2D eigenvalue weighted by molar-refractivity contribution is 6.42. The van der Waals surface area contributed by atoms with Gasteiger partial charge >= 0.3 is 0 Å². The fraction of sp³-hybridized carbons (Fsp3) is 0.440. The maximum Gasteiger partial charge on any atom is 0.261 e. The molecular weight excluding hydrogens is 483 g/mol. The number of carbonyl (C=O) groups is 2. The average molecular weight is 514 g/mol. The molecule has 2 rings (SSSR count). The zero-order valence-corrected chi connectivity index (χ0v) is 21.9. The third-order valence-corrected chi connectivity index (χ3v) is 6.83. The Hall–Kier alpha value is -1.95. The second-order valence-electron chi connectivity index (χ2n) is 8.17. The maximum atomic E-state index is 13.3. The second-order valence-corrected chi connectivity index (χ2v) is 9.36. The van der Waals surface area contributed by atoms with Gasteiger partial charge in [-0.15, -0.1) is 0 Å². The number of halogens is 3. The molecule has 33 heavy (non-hydrogen) atoms. The van der Waals surface area contributed by atoms with Crippen LogP contribution in [-0.2, 0) is 16.1 Å². The second kappa shape index (κ2) is 12.5. The monoisotopic (exact) mass is 512 g/mol. The first kappa shape index (κ1) is 27.3. The van der Waals surface area contributed by atoms with E-state index in [1.54, 1.807) is 30.3 Å². The van der Waals surface area contributed by atoms with Crippen LogP contribution in [0.5, 0.6) is 5.75 Å². The van der Waals surface area contributed by atoms with Crippen LogP contribution in [0.4, 0.5) is 0 Å². The SMILES string of the molecule is CC[C@H](C(=O)N[C@@H](C)CC)N(Cc1ccc(Cl)c(Cl)c1)C(=O)COc1cc(C)c(Cl)c(C)c1. The van der Waals surface area contributed by atoms with Crippen LogP contribution in [0.3, 0.4) is 0 Å². The highest BCUT2D eigenvalue weighted by atomic mass is 35.5. The van der Waals surface area contributed by atoms with Crippen molar-refractivity contribution in [2.24, 2.45) is 0 Å². The topological polar surface area (TPSA) is 58.6 Å². The number of rotatable bonds is 10. The number of hydrogen-bond donors (Lipinski definition) is 1. The van der Waals surface area contributed by atoms with Gasteiger partial charge in [0.05, 0.1) is 10.0 Å². The molecule has 0 aromatic heterocycles. The Morgan fingerprint density at radius 2 is 1.64 bits per heavy atom. The van der Waals surface area contributed by atoms with Gasteiger partial charge in [0.15, 0.2) is 6.61 Å². The third kappa shape index (κ3) is 7.53. The molecule has 2 amide bonds. The summed E-state index contributed by atoms with van der Waals surface area (Å²) in [4.78, 5) is 27.8. The number of nitrogens with zero attached hydrogens (tertiary/aromatic N) is 1. The van der Waals surface area contributed by atoms with Crippen LogP contribution in [0.2, 0.25) is 15.1 Å². The van der Waals surface area contributed by atoms with Crippen molar-refractivity contribution < 1.29 is 14.3 Å². The van der Waals surface area contributed by atoms with Crippen molar-refractivity contribution in [1.29, 1.82) is 0 Å². The molecule has 2 atom stereocenters. The highest BCUT2D eigenvalue weighted by Gasteiger charge is 2.29. The van der Waals surface area contributed by atoms with Gasteiger partial charge in [-0.1, -0.05) is 54.7 Å². The molecule has 0 heterocycles. The molecule has 0 saturated carbocycles. The molecule has 0 bridgehead atoms. The van der Waals surface area contributed by atoms with Gasteiger partial charge in [0.2, 0.25) is 5.91 Å². The van der Waals surface area contributed by atoms with Crippen molar-refractivity contribution in [1.82, 2.24) is 10.2 Å². The van der Waals surface area contributed by atoms with Crippen molar-refractivity contribution in [2.75, 3.05) is 6.61 Å². The first-order chi connectivity index (χ1) is 15.6. The van der Waals surface area contributed by atoms with E-state index in [4.69, 9.17) is 39.5 Å². The Labute approximate surface area is 211 Å². The molecule has 2 aromatic carbocycles. The summed E-state index contributed by atoms with van der Waals surface area (Å²) in [5.74, 6) is 0.0465. The number of nitrogens with one attached hydrogen (secondary N) is 1. The predicted molar refractivity (Wildman–Crippen MR) is 135 cm³/mol. The summed E-state index contributed by atoms with van der Waals surface area (Å²) in [7, 11) is 0. The predicted octanol–water partition coefficient (Wildman–Crippen LogP) is 6.36. The molecule has 0 fully saturated rings. The molecule has 1 N–H and O–H groups in total. The molecule has 0 radical (unpaired) electrons. The number of benzene rings is 2.